The van der Waals surface area contributed by atoms with Crippen LogP contribution in [0.25, 0.3) is 0 Å². The van der Waals surface area contributed by atoms with Gasteiger partial charge in [0.05, 0.1) is 17.7 Å². The average molecular weight is 330 g/mol. The Kier molecular flexibility index (Phi) is 5.23. The van der Waals surface area contributed by atoms with Gasteiger partial charge in [-0.15, -0.1) is 0 Å². The van der Waals surface area contributed by atoms with Gasteiger partial charge in [-0.1, -0.05) is 54.6 Å². The van der Waals surface area contributed by atoms with E-state index in [4.69, 9.17) is 5.26 Å². The number of hydrogen-bond acceptors (Lipinski definition) is 2. The molecule has 0 aliphatic heterocycles. The molecule has 0 fully saturated rings. The molecule has 1 atom stereocenters. The Morgan fingerprint density at radius 1 is 0.880 bits per heavy atom. The summed E-state index contributed by atoms with van der Waals surface area (Å²) in [6, 6.07) is 26.6. The molecule has 0 heterocycles. The van der Waals surface area contributed by atoms with Crippen molar-refractivity contribution < 1.29 is 4.39 Å². The molecular weight excluding hydrogens is 311 g/mol. The van der Waals surface area contributed by atoms with Gasteiger partial charge in [0.2, 0.25) is 0 Å². The third kappa shape index (κ3) is 4.12. The Morgan fingerprint density at radius 3 is 2.08 bits per heavy atom. The number of rotatable bonds is 5. The highest BCUT2D eigenvalue weighted by molar-refractivity contribution is 5.34. The van der Waals surface area contributed by atoms with Crippen LogP contribution in [-0.2, 0) is 6.54 Å². The quantitative estimate of drug-likeness (QED) is 0.664. The van der Waals surface area contributed by atoms with Crippen LogP contribution in [0.2, 0.25) is 0 Å². The highest BCUT2D eigenvalue weighted by Crippen LogP contribution is 2.29. The van der Waals surface area contributed by atoms with Crippen LogP contribution < -0.4 is 0 Å². The van der Waals surface area contributed by atoms with Crippen molar-refractivity contribution in [3.63, 3.8) is 0 Å². The fraction of sp³-hybridized carbons (Fsp3) is 0.136. The molecule has 0 saturated carbocycles. The van der Waals surface area contributed by atoms with Crippen LogP contribution in [0.3, 0.4) is 0 Å². The van der Waals surface area contributed by atoms with Crippen LogP contribution in [0.4, 0.5) is 4.39 Å². The summed E-state index contributed by atoms with van der Waals surface area (Å²) >= 11 is 0. The van der Waals surface area contributed by atoms with Gasteiger partial charge in [-0.2, -0.15) is 5.26 Å². The molecule has 0 spiro atoms. The second-order valence-electron chi connectivity index (χ2n) is 6.09. The van der Waals surface area contributed by atoms with Crippen molar-refractivity contribution in [2.24, 2.45) is 0 Å². The lowest BCUT2D eigenvalue weighted by Crippen LogP contribution is -2.25. The summed E-state index contributed by atoms with van der Waals surface area (Å²) in [4.78, 5) is 2.23. The second kappa shape index (κ2) is 7.74. The Balaban J connectivity index is 1.90. The Labute approximate surface area is 147 Å². The topological polar surface area (TPSA) is 27.0 Å². The molecule has 3 aromatic rings. The first-order valence-electron chi connectivity index (χ1n) is 8.17. The van der Waals surface area contributed by atoms with Gasteiger partial charge in [0.25, 0.3) is 0 Å². The van der Waals surface area contributed by atoms with E-state index >= 15 is 0 Å². The molecule has 0 aromatic heterocycles. The van der Waals surface area contributed by atoms with Crippen molar-refractivity contribution in [3.05, 3.63) is 107 Å². The normalized spacial score (nSPS) is 11.9. The minimum atomic E-state index is -0.231. The summed E-state index contributed by atoms with van der Waals surface area (Å²) in [6.07, 6.45) is 0. The monoisotopic (exact) mass is 330 g/mol. The summed E-state index contributed by atoms with van der Waals surface area (Å²) < 4.78 is 13.3. The molecule has 0 unspecified atom stereocenters. The first-order chi connectivity index (χ1) is 12.2. The van der Waals surface area contributed by atoms with Crippen LogP contribution in [0.15, 0.2) is 78.9 Å². The van der Waals surface area contributed by atoms with E-state index in [1.165, 1.54) is 12.1 Å². The van der Waals surface area contributed by atoms with Crippen LogP contribution in [0.5, 0.6) is 0 Å². The molecule has 0 bridgehead atoms. The lowest BCUT2D eigenvalue weighted by molar-refractivity contribution is 0.270. The number of hydrogen-bond donors (Lipinski definition) is 0. The summed E-state index contributed by atoms with van der Waals surface area (Å²) in [5, 5.41) is 8.93. The van der Waals surface area contributed by atoms with Crippen LogP contribution in [0, 0.1) is 17.1 Å². The second-order valence-corrected chi connectivity index (χ2v) is 6.09. The van der Waals surface area contributed by atoms with E-state index in [1.807, 2.05) is 54.6 Å². The Hall–Kier alpha value is -2.96. The molecular formula is C22H19FN2. The van der Waals surface area contributed by atoms with Gasteiger partial charge in [-0.25, -0.2) is 4.39 Å². The zero-order chi connectivity index (χ0) is 17.6. The highest BCUT2D eigenvalue weighted by atomic mass is 19.1. The first kappa shape index (κ1) is 16.9. The summed E-state index contributed by atoms with van der Waals surface area (Å²) in [5.41, 5.74) is 3.99. The minimum Gasteiger partial charge on any atom is -0.291 e. The molecule has 0 aliphatic carbocycles. The van der Waals surface area contributed by atoms with Crippen molar-refractivity contribution in [2.75, 3.05) is 7.05 Å². The van der Waals surface area contributed by atoms with Gasteiger partial charge in [0, 0.05) is 6.54 Å². The van der Waals surface area contributed by atoms with Gasteiger partial charge >= 0.3 is 0 Å². The summed E-state index contributed by atoms with van der Waals surface area (Å²) in [5.74, 6) is -0.231. The van der Waals surface area contributed by atoms with Gasteiger partial charge in [0.15, 0.2) is 0 Å². The van der Waals surface area contributed by atoms with E-state index in [0.29, 0.717) is 5.56 Å². The van der Waals surface area contributed by atoms with Crippen LogP contribution >= 0.6 is 0 Å². The molecule has 3 aromatic carbocycles. The Morgan fingerprint density at radius 2 is 1.48 bits per heavy atom. The fourth-order valence-electron chi connectivity index (χ4n) is 3.05. The predicted molar refractivity (Wildman–Crippen MR) is 97.3 cm³/mol. The van der Waals surface area contributed by atoms with Crippen molar-refractivity contribution >= 4 is 0 Å². The SMILES string of the molecule is CN(Cc1ccc(C#N)cc1)[C@H](c1ccccc1)c1ccc(F)cc1. The maximum Gasteiger partial charge on any atom is 0.123 e. The average Bonchev–Trinajstić information content (AvgIpc) is 2.65. The van der Waals surface area contributed by atoms with E-state index in [9.17, 15) is 4.39 Å². The highest BCUT2D eigenvalue weighted by Gasteiger charge is 2.19. The van der Waals surface area contributed by atoms with E-state index in [2.05, 4.69) is 30.1 Å². The van der Waals surface area contributed by atoms with Crippen molar-refractivity contribution in [2.45, 2.75) is 12.6 Å². The number of halogens is 1. The summed E-state index contributed by atoms with van der Waals surface area (Å²) in [7, 11) is 2.05. The minimum absolute atomic E-state index is 0.0254. The lowest BCUT2D eigenvalue weighted by atomic mass is 9.97. The lowest BCUT2D eigenvalue weighted by Gasteiger charge is -2.29. The molecule has 3 rings (SSSR count). The molecule has 124 valence electrons. The number of benzene rings is 3. The Bertz CT molecular complexity index is 849. The predicted octanol–water partition coefficient (Wildman–Crippen LogP) is 4.92. The number of nitriles is 1. The molecule has 25 heavy (non-hydrogen) atoms. The third-order valence-electron chi connectivity index (χ3n) is 4.26. The molecule has 3 heteroatoms. The van der Waals surface area contributed by atoms with E-state index in [0.717, 1.165) is 23.2 Å². The van der Waals surface area contributed by atoms with Gasteiger partial charge in [0.1, 0.15) is 5.82 Å². The number of nitrogens with zero attached hydrogens (tertiary/aromatic N) is 2. The molecule has 0 radical (unpaired) electrons. The fourth-order valence-corrected chi connectivity index (χ4v) is 3.05. The van der Waals surface area contributed by atoms with Crippen molar-refractivity contribution in [3.8, 4) is 6.07 Å². The zero-order valence-electron chi connectivity index (χ0n) is 14.1. The summed E-state index contributed by atoms with van der Waals surface area (Å²) in [6.45, 7) is 0.725. The third-order valence-corrected chi connectivity index (χ3v) is 4.26. The maximum atomic E-state index is 13.3. The van der Waals surface area contributed by atoms with Crippen LogP contribution in [-0.4, -0.2) is 11.9 Å². The first-order valence-corrected chi connectivity index (χ1v) is 8.17. The standard InChI is InChI=1S/C22H19FN2/c1-25(16-18-9-7-17(15-24)8-10-18)22(19-5-3-2-4-6-19)20-11-13-21(23)14-12-20/h2-14,22H,16H2,1H3/t22-/m1/s1. The molecule has 0 N–H and O–H groups in total. The molecule has 0 amide bonds. The van der Waals surface area contributed by atoms with E-state index < -0.39 is 0 Å². The van der Waals surface area contributed by atoms with E-state index in [1.54, 1.807) is 0 Å². The van der Waals surface area contributed by atoms with E-state index in [-0.39, 0.29) is 11.9 Å². The van der Waals surface area contributed by atoms with Gasteiger partial charge in [-0.05, 0) is 48.0 Å². The molecule has 0 aliphatic rings. The van der Waals surface area contributed by atoms with Crippen LogP contribution in [0.1, 0.15) is 28.3 Å². The smallest absolute Gasteiger partial charge is 0.123 e. The molecule has 0 saturated heterocycles. The van der Waals surface area contributed by atoms with Crippen molar-refractivity contribution in [1.82, 2.24) is 4.90 Å². The largest absolute Gasteiger partial charge is 0.291 e. The molecule has 2 nitrogen and oxygen atoms in total. The van der Waals surface area contributed by atoms with Gasteiger partial charge in [-0.3, -0.25) is 4.90 Å². The van der Waals surface area contributed by atoms with Gasteiger partial charge < -0.3 is 0 Å². The zero-order valence-corrected chi connectivity index (χ0v) is 14.1. The maximum absolute atomic E-state index is 13.3. The van der Waals surface area contributed by atoms with Crippen molar-refractivity contribution in [1.29, 1.82) is 5.26 Å².